The Hall–Kier alpha value is 1.46. The van der Waals surface area contributed by atoms with Crippen molar-refractivity contribution >= 4 is 23.7 Å². The van der Waals surface area contributed by atoms with Gasteiger partial charge in [0.1, 0.15) is 0 Å². The molecule has 0 aromatic heterocycles. The first kappa shape index (κ1) is 12.2. The summed E-state index contributed by atoms with van der Waals surface area (Å²) in [6, 6.07) is 0. The topological polar surface area (TPSA) is 40.1 Å². The van der Waals surface area contributed by atoms with Gasteiger partial charge in [0.25, 0.3) is 0 Å². The average molecular weight is 163 g/mol. The van der Waals surface area contributed by atoms with Crippen molar-refractivity contribution in [1.29, 1.82) is 0 Å². The van der Waals surface area contributed by atoms with Crippen molar-refractivity contribution < 1.29 is 39.7 Å². The van der Waals surface area contributed by atoms with E-state index >= 15 is 0 Å². The third kappa shape index (κ3) is 10.4. The third-order valence-corrected chi connectivity index (χ3v) is 1.41. The van der Waals surface area contributed by atoms with E-state index < -0.39 is 11.1 Å². The van der Waals surface area contributed by atoms with Crippen molar-refractivity contribution in [2.24, 2.45) is 0 Å². The monoisotopic (exact) mass is 163 g/mol. The minimum absolute atomic E-state index is 0. The van der Waals surface area contributed by atoms with Crippen molar-refractivity contribution in [3.63, 3.8) is 0 Å². The number of rotatable bonds is 3. The molecule has 46 valence electrons. The van der Waals surface area contributed by atoms with Gasteiger partial charge in [-0.05, 0) is 12.2 Å². The van der Waals surface area contributed by atoms with Crippen LogP contribution in [-0.4, -0.2) is 20.3 Å². The van der Waals surface area contributed by atoms with E-state index in [1.807, 2.05) is 0 Å². The van der Waals surface area contributed by atoms with E-state index in [9.17, 15) is 8.76 Å². The fraction of sp³-hybridized carbons (Fsp3) is 1.00. The Morgan fingerprint density at radius 2 is 2.25 bits per heavy atom. The van der Waals surface area contributed by atoms with Gasteiger partial charge in [-0.3, -0.25) is 4.21 Å². The minimum atomic E-state index is -1.86. The molecule has 0 N–H and O–H groups in total. The van der Waals surface area contributed by atoms with E-state index in [1.54, 1.807) is 0 Å². The first-order valence-electron chi connectivity index (χ1n) is 1.94. The van der Waals surface area contributed by atoms with Gasteiger partial charge in [0.05, 0.1) is 0 Å². The Balaban J connectivity index is -0.000000180. The van der Waals surface area contributed by atoms with Crippen LogP contribution in [0.5, 0.6) is 0 Å². The molecule has 0 amide bonds. The van der Waals surface area contributed by atoms with Crippen LogP contribution < -0.4 is 29.6 Å². The Morgan fingerprint density at radius 1 is 1.75 bits per heavy atom. The molecule has 0 bridgehead atoms. The van der Waals surface area contributed by atoms with E-state index in [0.717, 1.165) is 0 Å². The van der Waals surface area contributed by atoms with Crippen molar-refractivity contribution in [3.8, 4) is 0 Å². The third-order valence-electron chi connectivity index (χ3n) is 0.469. The molecule has 0 rings (SSSR count). The van der Waals surface area contributed by atoms with E-state index in [0.29, 0.717) is 12.2 Å². The molecule has 0 heterocycles. The first-order chi connectivity index (χ1) is 3.27. The fourth-order valence-corrected chi connectivity index (χ4v) is 0.935. The van der Waals surface area contributed by atoms with Crippen LogP contribution in [0.1, 0.15) is 7.85 Å². The molecule has 0 spiro atoms. The molecule has 8 heavy (non-hydrogen) atoms. The molecule has 1 atom stereocenters. The second kappa shape index (κ2) is 8.46. The van der Waals surface area contributed by atoms with Crippen LogP contribution in [0.2, 0.25) is 0 Å². The molecule has 0 fully saturated rings. The molecule has 0 aliphatic carbocycles. The predicted molar refractivity (Wildman–Crippen MR) is 33.4 cm³/mol. The summed E-state index contributed by atoms with van der Waals surface area (Å²) >= 11 is 1.96. The van der Waals surface area contributed by atoms with Gasteiger partial charge >= 0.3 is 29.6 Å². The summed E-state index contributed by atoms with van der Waals surface area (Å²) in [5.74, 6) is 0.886. The van der Waals surface area contributed by atoms with Crippen LogP contribution in [0.4, 0.5) is 0 Å². The minimum Gasteiger partial charge on any atom is -1.00 e. The second-order valence-electron chi connectivity index (χ2n) is 1.09. The average Bonchev–Trinajstić information content (AvgIpc) is 1.61. The van der Waals surface area contributed by atoms with Crippen molar-refractivity contribution in [2.75, 3.05) is 11.5 Å². The quantitative estimate of drug-likeness (QED) is 0.279. The molecule has 0 aromatic carbocycles. The summed E-state index contributed by atoms with van der Waals surface area (Å²) in [5.41, 5.74) is 0. The molecule has 0 saturated heterocycles. The normalized spacial score (nSPS) is 12.2. The fourth-order valence-electron chi connectivity index (χ4n) is 0.182. The van der Waals surface area contributed by atoms with Crippen LogP contribution in [0.25, 0.3) is 0 Å². The molecule has 1 unspecified atom stereocenters. The largest absolute Gasteiger partial charge is 1.00 e. The van der Waals surface area contributed by atoms with E-state index in [1.165, 1.54) is 0 Å². The zero-order chi connectivity index (χ0) is 5.70. The number of hydrogen-bond acceptors (Lipinski definition) is 3. The number of thiol groups is 1. The summed E-state index contributed by atoms with van der Waals surface area (Å²) in [6.45, 7) is 0. The molecular weight excluding hydrogens is 155 g/mol. The van der Waals surface area contributed by atoms with Gasteiger partial charge < -0.3 is 5.98 Å². The zero-order valence-corrected chi connectivity index (χ0v) is 8.50. The van der Waals surface area contributed by atoms with Crippen molar-refractivity contribution in [2.45, 2.75) is 6.42 Å². The summed E-state index contributed by atoms with van der Waals surface area (Å²) in [4.78, 5) is 0. The first-order valence-corrected chi connectivity index (χ1v) is 3.81. The van der Waals surface area contributed by atoms with Gasteiger partial charge in [0.2, 0.25) is 0 Å². The Labute approximate surface area is 80.9 Å². The Morgan fingerprint density at radius 3 is 2.38 bits per heavy atom. The summed E-state index contributed by atoms with van der Waals surface area (Å²) in [5, 5.41) is 0. The van der Waals surface area contributed by atoms with Gasteiger partial charge in [0, 0.05) is 5.75 Å². The molecule has 0 aliphatic rings. The molecule has 0 saturated carbocycles. The molecule has 0 radical (unpaired) electrons. The standard InChI is InChI=1S/C3H8O2S2.Na.H/c4-7(5)3-1-2-6;;/h6H,1-3H2,(H,4,5);;/q;+1;-1/p-1. The maximum atomic E-state index is 9.72. The molecule has 0 aromatic rings. The summed E-state index contributed by atoms with van der Waals surface area (Å²) < 4.78 is 19.4. The van der Waals surface area contributed by atoms with Crippen LogP contribution in [0.15, 0.2) is 0 Å². The summed E-state index contributed by atoms with van der Waals surface area (Å²) in [7, 11) is 0. The van der Waals surface area contributed by atoms with Crippen LogP contribution in [-0.2, 0) is 11.1 Å². The maximum absolute atomic E-state index is 9.72. The van der Waals surface area contributed by atoms with Crippen LogP contribution in [0.3, 0.4) is 0 Å². The van der Waals surface area contributed by atoms with Crippen molar-refractivity contribution in [1.82, 2.24) is 0 Å². The Kier molecular flexibility index (Phi) is 12.9. The van der Waals surface area contributed by atoms with E-state index in [-0.39, 0.29) is 36.7 Å². The molecular formula is C3H8NaO2S2-. The Bertz CT molecular complexity index is 72.8. The van der Waals surface area contributed by atoms with Gasteiger partial charge in [-0.25, -0.2) is 0 Å². The summed E-state index contributed by atoms with van der Waals surface area (Å²) in [6.07, 6.45) is 0.652. The molecule has 2 nitrogen and oxygen atoms in total. The van der Waals surface area contributed by atoms with E-state index in [4.69, 9.17) is 0 Å². The number of hydrogen-bond donors (Lipinski definition) is 1. The predicted octanol–water partition coefficient (Wildman–Crippen LogP) is -2.70. The molecule has 5 heteroatoms. The SMILES string of the molecule is O=S([O-])CCCS.[H-].[Na+]. The maximum Gasteiger partial charge on any atom is 1.00 e. The second-order valence-corrected chi connectivity index (χ2v) is 2.55. The van der Waals surface area contributed by atoms with Gasteiger partial charge in [-0.1, -0.05) is 11.1 Å². The van der Waals surface area contributed by atoms with Crippen LogP contribution in [0, 0.1) is 0 Å². The van der Waals surface area contributed by atoms with Gasteiger partial charge in [0.15, 0.2) is 0 Å². The van der Waals surface area contributed by atoms with Gasteiger partial charge in [-0.15, -0.1) is 0 Å². The smallest absolute Gasteiger partial charge is 1.00 e. The van der Waals surface area contributed by atoms with Crippen LogP contribution >= 0.6 is 12.6 Å². The zero-order valence-electron chi connectivity index (χ0n) is 5.79. The van der Waals surface area contributed by atoms with Gasteiger partial charge in [-0.2, -0.15) is 12.6 Å². The van der Waals surface area contributed by atoms with E-state index in [2.05, 4.69) is 12.6 Å². The van der Waals surface area contributed by atoms with Crippen molar-refractivity contribution in [3.05, 3.63) is 0 Å². The molecule has 0 aliphatic heterocycles.